The van der Waals surface area contributed by atoms with Gasteiger partial charge in [0.25, 0.3) is 5.91 Å². The summed E-state index contributed by atoms with van der Waals surface area (Å²) in [6.07, 6.45) is 3.58. The fourth-order valence-corrected chi connectivity index (χ4v) is 4.61. The molecule has 1 amide bonds. The molecule has 7 heteroatoms. The number of aromatic nitrogens is 2. The van der Waals surface area contributed by atoms with Crippen molar-refractivity contribution in [3.05, 3.63) is 10.6 Å². The molecule has 6 nitrogen and oxygen atoms in total. The highest BCUT2D eigenvalue weighted by atomic mass is 32.1. The van der Waals surface area contributed by atoms with Crippen molar-refractivity contribution in [3.8, 4) is 0 Å². The molecule has 0 spiro atoms. The number of ether oxygens (including phenoxy) is 1. The number of nitrogens with two attached hydrogens (primary N) is 1. The zero-order valence-corrected chi connectivity index (χ0v) is 12.9. The maximum absolute atomic E-state index is 12.5. The van der Waals surface area contributed by atoms with Crippen LogP contribution in [0.3, 0.4) is 0 Å². The number of fused-ring (bicyclic) bond motifs is 3. The first kappa shape index (κ1) is 13.1. The van der Waals surface area contributed by atoms with Crippen LogP contribution < -0.4 is 11.1 Å². The van der Waals surface area contributed by atoms with E-state index in [4.69, 9.17) is 10.5 Å². The zero-order valence-electron chi connectivity index (χ0n) is 12.0. The average Bonchev–Trinajstić information content (AvgIpc) is 3.15. The lowest BCUT2D eigenvalue weighted by atomic mass is 9.95. The highest BCUT2D eigenvalue weighted by molar-refractivity contribution is 7.21. The Labute approximate surface area is 126 Å². The molecular formula is C14H18N4O2S. The molecule has 0 aliphatic carbocycles. The van der Waals surface area contributed by atoms with Crippen LogP contribution >= 0.6 is 11.3 Å². The Kier molecular flexibility index (Phi) is 2.77. The largest absolute Gasteiger partial charge is 0.397 e. The van der Waals surface area contributed by atoms with E-state index in [1.165, 1.54) is 11.3 Å². The first-order valence-electron chi connectivity index (χ1n) is 7.22. The molecule has 2 aliphatic heterocycles. The van der Waals surface area contributed by atoms with Crippen LogP contribution in [-0.4, -0.2) is 33.9 Å². The van der Waals surface area contributed by atoms with Crippen molar-refractivity contribution in [2.45, 2.75) is 44.4 Å². The number of rotatable bonds is 2. The second-order valence-electron chi connectivity index (χ2n) is 5.92. The van der Waals surface area contributed by atoms with Gasteiger partial charge in [-0.3, -0.25) is 9.48 Å². The Morgan fingerprint density at radius 1 is 1.52 bits per heavy atom. The SMILES string of the molecule is Cc1nn(C)c2sc(C(=O)NC3CC4CCC3O4)c(N)c12. The lowest BCUT2D eigenvalue weighted by Crippen LogP contribution is -2.41. The van der Waals surface area contributed by atoms with Gasteiger partial charge in [-0.15, -0.1) is 11.3 Å². The quantitative estimate of drug-likeness (QED) is 0.882. The van der Waals surface area contributed by atoms with Gasteiger partial charge in [-0.05, 0) is 26.2 Å². The number of nitrogens with one attached hydrogen (secondary N) is 1. The van der Waals surface area contributed by atoms with Gasteiger partial charge < -0.3 is 15.8 Å². The molecule has 0 aromatic carbocycles. The minimum atomic E-state index is -0.0887. The molecule has 2 saturated heterocycles. The zero-order chi connectivity index (χ0) is 14.7. The Balaban J connectivity index is 1.62. The Bertz CT molecular complexity index is 735. The molecule has 3 N–H and O–H groups in total. The molecule has 0 radical (unpaired) electrons. The summed E-state index contributed by atoms with van der Waals surface area (Å²) in [5.74, 6) is -0.0887. The van der Waals surface area contributed by atoms with Gasteiger partial charge in [-0.25, -0.2) is 0 Å². The predicted molar refractivity (Wildman–Crippen MR) is 81.5 cm³/mol. The number of carbonyl (C=O) groups is 1. The van der Waals surface area contributed by atoms with E-state index in [-0.39, 0.29) is 18.1 Å². The fraction of sp³-hybridized carbons (Fsp3) is 0.571. The number of amides is 1. The van der Waals surface area contributed by atoms with Gasteiger partial charge in [0, 0.05) is 7.05 Å². The number of hydrogen-bond donors (Lipinski definition) is 2. The Morgan fingerprint density at radius 3 is 2.95 bits per heavy atom. The number of anilines is 1. The summed E-state index contributed by atoms with van der Waals surface area (Å²) in [6, 6.07) is 0.125. The summed E-state index contributed by atoms with van der Waals surface area (Å²) < 4.78 is 7.56. The van der Waals surface area contributed by atoms with Crippen LogP contribution in [0.2, 0.25) is 0 Å². The number of nitrogen functional groups attached to an aromatic ring is 1. The van der Waals surface area contributed by atoms with Crippen LogP contribution in [0.1, 0.15) is 34.6 Å². The van der Waals surface area contributed by atoms with Crippen molar-refractivity contribution in [3.63, 3.8) is 0 Å². The first-order chi connectivity index (χ1) is 10.0. The highest BCUT2D eigenvalue weighted by Crippen LogP contribution is 2.37. The number of thiophene rings is 1. The number of carbonyl (C=O) groups excluding carboxylic acids is 1. The lowest BCUT2D eigenvalue weighted by molar-refractivity contribution is 0.0844. The van der Waals surface area contributed by atoms with E-state index in [1.807, 2.05) is 14.0 Å². The van der Waals surface area contributed by atoms with Crippen molar-refractivity contribution < 1.29 is 9.53 Å². The molecule has 2 aromatic heterocycles. The summed E-state index contributed by atoms with van der Waals surface area (Å²) in [7, 11) is 1.87. The minimum Gasteiger partial charge on any atom is -0.397 e. The number of hydrogen-bond acceptors (Lipinski definition) is 5. The van der Waals surface area contributed by atoms with E-state index in [0.29, 0.717) is 16.7 Å². The molecule has 3 atom stereocenters. The van der Waals surface area contributed by atoms with Gasteiger partial charge >= 0.3 is 0 Å². The fourth-order valence-electron chi connectivity index (χ4n) is 3.52. The molecule has 4 heterocycles. The number of nitrogens with zero attached hydrogens (tertiary/aromatic N) is 2. The molecule has 3 unspecified atom stereocenters. The first-order valence-corrected chi connectivity index (χ1v) is 8.04. The summed E-state index contributed by atoms with van der Waals surface area (Å²) in [4.78, 5) is 14.1. The van der Waals surface area contributed by atoms with Gasteiger partial charge in [0.15, 0.2) is 0 Å². The predicted octanol–water partition coefficient (Wildman–Crippen LogP) is 1.58. The van der Waals surface area contributed by atoms with E-state index in [0.717, 1.165) is 35.2 Å². The molecule has 2 bridgehead atoms. The molecule has 21 heavy (non-hydrogen) atoms. The third-order valence-corrected chi connectivity index (χ3v) is 5.78. The van der Waals surface area contributed by atoms with Gasteiger partial charge in [0.2, 0.25) is 0 Å². The van der Waals surface area contributed by atoms with Gasteiger partial charge in [-0.1, -0.05) is 0 Å². The third kappa shape index (κ3) is 1.87. The van der Waals surface area contributed by atoms with Crippen LogP contribution in [-0.2, 0) is 11.8 Å². The molecule has 2 aliphatic rings. The topological polar surface area (TPSA) is 82.2 Å². The van der Waals surface area contributed by atoms with Crippen LogP contribution in [0.25, 0.3) is 10.2 Å². The van der Waals surface area contributed by atoms with Crippen LogP contribution in [0.15, 0.2) is 0 Å². The average molecular weight is 306 g/mol. The number of aryl methyl sites for hydroxylation is 2. The Morgan fingerprint density at radius 2 is 2.33 bits per heavy atom. The van der Waals surface area contributed by atoms with Gasteiger partial charge in [0.05, 0.1) is 35.0 Å². The minimum absolute atomic E-state index is 0.0887. The van der Waals surface area contributed by atoms with Crippen molar-refractivity contribution in [2.24, 2.45) is 7.05 Å². The molecule has 2 aromatic rings. The molecular weight excluding hydrogens is 288 g/mol. The van der Waals surface area contributed by atoms with Gasteiger partial charge in [-0.2, -0.15) is 5.10 Å². The second-order valence-corrected chi connectivity index (χ2v) is 6.92. The van der Waals surface area contributed by atoms with Crippen LogP contribution in [0.5, 0.6) is 0 Å². The lowest BCUT2D eigenvalue weighted by Gasteiger charge is -2.19. The normalized spacial score (nSPS) is 27.6. The van der Waals surface area contributed by atoms with Crippen molar-refractivity contribution in [1.82, 2.24) is 15.1 Å². The summed E-state index contributed by atoms with van der Waals surface area (Å²) in [5, 5.41) is 8.34. The second kappa shape index (κ2) is 4.45. The molecule has 4 rings (SSSR count). The van der Waals surface area contributed by atoms with E-state index >= 15 is 0 Å². The molecule has 112 valence electrons. The van der Waals surface area contributed by atoms with Crippen molar-refractivity contribution in [1.29, 1.82) is 0 Å². The van der Waals surface area contributed by atoms with E-state index < -0.39 is 0 Å². The van der Waals surface area contributed by atoms with E-state index in [2.05, 4.69) is 10.4 Å². The van der Waals surface area contributed by atoms with E-state index in [9.17, 15) is 4.79 Å². The summed E-state index contributed by atoms with van der Waals surface area (Å²) in [6.45, 7) is 1.91. The van der Waals surface area contributed by atoms with Crippen LogP contribution in [0, 0.1) is 6.92 Å². The standard InChI is InChI=1S/C14H18N4O2S/c1-6-10-11(15)12(21-14(10)18(2)17-6)13(19)16-8-5-7-3-4-9(8)20-7/h7-9H,3-5,15H2,1-2H3,(H,16,19). The molecule has 0 saturated carbocycles. The van der Waals surface area contributed by atoms with Crippen LogP contribution in [0.4, 0.5) is 5.69 Å². The summed E-state index contributed by atoms with van der Waals surface area (Å²) in [5.41, 5.74) is 7.58. The third-order valence-electron chi connectivity index (χ3n) is 4.51. The maximum atomic E-state index is 12.5. The highest BCUT2D eigenvalue weighted by Gasteiger charge is 2.41. The molecule has 2 fully saturated rings. The maximum Gasteiger partial charge on any atom is 0.263 e. The van der Waals surface area contributed by atoms with Crippen molar-refractivity contribution in [2.75, 3.05) is 5.73 Å². The smallest absolute Gasteiger partial charge is 0.263 e. The van der Waals surface area contributed by atoms with E-state index in [1.54, 1.807) is 4.68 Å². The Hall–Kier alpha value is -1.60. The van der Waals surface area contributed by atoms with Gasteiger partial charge in [0.1, 0.15) is 9.71 Å². The summed E-state index contributed by atoms with van der Waals surface area (Å²) >= 11 is 1.41. The van der Waals surface area contributed by atoms with Crippen molar-refractivity contribution >= 4 is 33.1 Å². The monoisotopic (exact) mass is 306 g/mol.